The van der Waals surface area contributed by atoms with E-state index < -0.39 is 0 Å². The summed E-state index contributed by atoms with van der Waals surface area (Å²) in [6.45, 7) is 6.27. The predicted molar refractivity (Wildman–Crippen MR) is 75.9 cm³/mol. The molecule has 3 heterocycles. The highest BCUT2D eigenvalue weighted by Crippen LogP contribution is 2.28. The minimum Gasteiger partial charge on any atom is -0.383 e. The van der Waals surface area contributed by atoms with Gasteiger partial charge in [0, 0.05) is 12.2 Å². The number of fused-ring (bicyclic) bond motifs is 1. The topological polar surface area (TPSA) is 61.1 Å². The molecule has 0 aliphatic heterocycles. The molecule has 0 aromatic carbocycles. The van der Waals surface area contributed by atoms with Gasteiger partial charge in [0.15, 0.2) is 0 Å². The van der Waals surface area contributed by atoms with E-state index in [1.54, 1.807) is 0 Å². The lowest BCUT2D eigenvalue weighted by molar-refractivity contribution is 0.605. The van der Waals surface area contributed by atoms with Gasteiger partial charge < -0.3 is 10.3 Å². The van der Waals surface area contributed by atoms with Crippen molar-refractivity contribution in [2.45, 2.75) is 26.8 Å². The van der Waals surface area contributed by atoms with E-state index in [1.807, 2.05) is 42.2 Å². The molecule has 0 fully saturated rings. The lowest BCUT2D eigenvalue weighted by Gasteiger charge is -2.10. The van der Waals surface area contributed by atoms with E-state index in [9.17, 15) is 0 Å². The van der Waals surface area contributed by atoms with Crippen molar-refractivity contribution in [3.05, 3.63) is 36.4 Å². The van der Waals surface area contributed by atoms with Gasteiger partial charge in [-0.3, -0.25) is 4.40 Å². The summed E-state index contributed by atoms with van der Waals surface area (Å²) in [6.07, 6.45) is 5.58. The second-order valence-electron chi connectivity index (χ2n) is 5.06. The molecule has 3 aromatic heterocycles. The molecule has 19 heavy (non-hydrogen) atoms. The summed E-state index contributed by atoms with van der Waals surface area (Å²) in [6, 6.07) is 4.37. The van der Waals surface area contributed by atoms with Crippen LogP contribution in [0.15, 0.2) is 30.9 Å². The Labute approximate surface area is 111 Å². The van der Waals surface area contributed by atoms with E-state index in [0.29, 0.717) is 11.9 Å². The summed E-state index contributed by atoms with van der Waals surface area (Å²) >= 11 is 0. The van der Waals surface area contributed by atoms with Crippen LogP contribution < -0.4 is 5.73 Å². The number of aryl methyl sites for hydroxylation is 1. The fraction of sp³-hybridized carbons (Fsp3) is 0.286. The smallest absolute Gasteiger partial charge is 0.139 e. The second kappa shape index (κ2) is 4.12. The first kappa shape index (κ1) is 11.8. The molecule has 98 valence electrons. The molecule has 0 unspecified atom stereocenters. The number of nitrogens with zero attached hydrogens (tertiary/aromatic N) is 4. The summed E-state index contributed by atoms with van der Waals surface area (Å²) in [5.74, 6) is 0.650. The van der Waals surface area contributed by atoms with E-state index in [4.69, 9.17) is 5.73 Å². The van der Waals surface area contributed by atoms with Crippen LogP contribution in [0.1, 0.15) is 25.5 Å². The number of anilines is 1. The molecule has 0 saturated heterocycles. The molecule has 0 saturated carbocycles. The third kappa shape index (κ3) is 1.78. The number of nitrogen functional groups attached to an aromatic ring is 1. The maximum atomic E-state index is 6.21. The van der Waals surface area contributed by atoms with Crippen molar-refractivity contribution in [1.29, 1.82) is 0 Å². The molecule has 0 radical (unpaired) electrons. The Morgan fingerprint density at radius 3 is 2.84 bits per heavy atom. The van der Waals surface area contributed by atoms with Crippen molar-refractivity contribution in [1.82, 2.24) is 18.9 Å². The van der Waals surface area contributed by atoms with Gasteiger partial charge >= 0.3 is 0 Å². The third-order valence-electron chi connectivity index (χ3n) is 3.28. The molecule has 0 aliphatic rings. The van der Waals surface area contributed by atoms with Crippen molar-refractivity contribution in [2.24, 2.45) is 0 Å². The maximum Gasteiger partial charge on any atom is 0.139 e. The molecule has 3 aromatic rings. The number of imidazole rings is 2. The zero-order chi connectivity index (χ0) is 13.6. The largest absolute Gasteiger partial charge is 0.383 e. The van der Waals surface area contributed by atoms with Crippen LogP contribution in [0.3, 0.4) is 0 Å². The highest BCUT2D eigenvalue weighted by Gasteiger charge is 2.16. The highest BCUT2D eigenvalue weighted by molar-refractivity contribution is 5.72. The van der Waals surface area contributed by atoms with Crippen molar-refractivity contribution >= 4 is 11.5 Å². The van der Waals surface area contributed by atoms with Gasteiger partial charge in [0.05, 0.1) is 18.2 Å². The summed E-state index contributed by atoms with van der Waals surface area (Å²) in [4.78, 5) is 8.84. The zero-order valence-electron chi connectivity index (χ0n) is 11.3. The third-order valence-corrected chi connectivity index (χ3v) is 3.28. The zero-order valence-corrected chi connectivity index (χ0v) is 11.3. The van der Waals surface area contributed by atoms with Crippen molar-refractivity contribution in [3.8, 4) is 11.4 Å². The lowest BCUT2D eigenvalue weighted by atomic mass is 10.3. The molecule has 0 amide bonds. The van der Waals surface area contributed by atoms with E-state index >= 15 is 0 Å². The molecule has 5 heteroatoms. The number of nitrogens with two attached hydrogens (primary N) is 1. The summed E-state index contributed by atoms with van der Waals surface area (Å²) in [5.41, 5.74) is 9.98. The van der Waals surface area contributed by atoms with Crippen LogP contribution in [0.4, 0.5) is 5.82 Å². The lowest BCUT2D eigenvalue weighted by Crippen LogP contribution is -2.02. The molecule has 5 nitrogen and oxygen atoms in total. The van der Waals surface area contributed by atoms with Gasteiger partial charge in [-0.25, -0.2) is 9.97 Å². The fourth-order valence-electron chi connectivity index (χ4n) is 2.25. The molecular weight excluding hydrogens is 238 g/mol. The van der Waals surface area contributed by atoms with Gasteiger partial charge in [0.2, 0.25) is 0 Å². The highest BCUT2D eigenvalue weighted by atomic mass is 15.1. The molecule has 3 rings (SSSR count). The average Bonchev–Trinajstić information content (AvgIpc) is 2.94. The van der Waals surface area contributed by atoms with Crippen LogP contribution >= 0.6 is 0 Å². The summed E-state index contributed by atoms with van der Waals surface area (Å²) < 4.78 is 3.98. The Kier molecular flexibility index (Phi) is 2.55. The first-order valence-electron chi connectivity index (χ1n) is 6.34. The first-order valence-corrected chi connectivity index (χ1v) is 6.34. The molecule has 2 N–H and O–H groups in total. The van der Waals surface area contributed by atoms with Crippen molar-refractivity contribution in [2.75, 3.05) is 5.73 Å². The van der Waals surface area contributed by atoms with Crippen molar-refractivity contribution < 1.29 is 0 Å². The molecular formula is C14H17N5. The van der Waals surface area contributed by atoms with Crippen LogP contribution in [0.5, 0.6) is 0 Å². The Balaban J connectivity index is 2.25. The van der Waals surface area contributed by atoms with Gasteiger partial charge in [-0.15, -0.1) is 0 Å². The van der Waals surface area contributed by atoms with E-state index in [2.05, 4.69) is 28.4 Å². The minimum atomic E-state index is 0.323. The minimum absolute atomic E-state index is 0.323. The van der Waals surface area contributed by atoms with E-state index in [0.717, 1.165) is 17.0 Å². The Morgan fingerprint density at radius 1 is 1.32 bits per heavy atom. The maximum absolute atomic E-state index is 6.21. The monoisotopic (exact) mass is 255 g/mol. The van der Waals surface area contributed by atoms with Gasteiger partial charge in [0.1, 0.15) is 17.2 Å². The van der Waals surface area contributed by atoms with Crippen LogP contribution in [-0.2, 0) is 0 Å². The number of aromatic nitrogens is 4. The summed E-state index contributed by atoms with van der Waals surface area (Å²) in [5, 5.41) is 0. The summed E-state index contributed by atoms with van der Waals surface area (Å²) in [7, 11) is 0. The molecule has 0 aliphatic carbocycles. The van der Waals surface area contributed by atoms with Gasteiger partial charge in [-0.05, 0) is 38.5 Å². The molecule has 0 atom stereocenters. The van der Waals surface area contributed by atoms with E-state index in [1.165, 1.54) is 5.56 Å². The van der Waals surface area contributed by atoms with Gasteiger partial charge in [-0.1, -0.05) is 0 Å². The standard InChI is InChI=1S/C14H17N5/c1-9(2)19-8-16-7-11(19)13-14(15)18-5-4-10(3)6-12(18)17-13/h4-9H,15H2,1-3H3. The predicted octanol–water partition coefficient (Wildman–Crippen LogP) is 2.67. The number of hydrogen-bond donors (Lipinski definition) is 1. The quantitative estimate of drug-likeness (QED) is 0.765. The first-order chi connectivity index (χ1) is 9.08. The normalized spacial score (nSPS) is 11.6. The Bertz CT molecular complexity index is 735. The Hall–Kier alpha value is -2.30. The van der Waals surface area contributed by atoms with E-state index in [-0.39, 0.29) is 0 Å². The van der Waals surface area contributed by atoms with Gasteiger partial charge in [-0.2, -0.15) is 0 Å². The SMILES string of the molecule is Cc1ccn2c(N)c(-c3cncn3C(C)C)nc2c1. The second-order valence-corrected chi connectivity index (χ2v) is 5.06. The Morgan fingerprint density at radius 2 is 2.11 bits per heavy atom. The number of pyridine rings is 1. The molecule has 0 bridgehead atoms. The number of rotatable bonds is 2. The molecule has 0 spiro atoms. The van der Waals surface area contributed by atoms with Crippen LogP contribution in [0, 0.1) is 6.92 Å². The van der Waals surface area contributed by atoms with Gasteiger partial charge in [0.25, 0.3) is 0 Å². The van der Waals surface area contributed by atoms with Crippen LogP contribution in [0.25, 0.3) is 17.0 Å². The number of hydrogen-bond acceptors (Lipinski definition) is 3. The van der Waals surface area contributed by atoms with Crippen LogP contribution in [0.2, 0.25) is 0 Å². The fourth-order valence-corrected chi connectivity index (χ4v) is 2.25. The average molecular weight is 255 g/mol. The van der Waals surface area contributed by atoms with Crippen LogP contribution in [-0.4, -0.2) is 18.9 Å². The van der Waals surface area contributed by atoms with Crippen molar-refractivity contribution in [3.63, 3.8) is 0 Å².